The van der Waals surface area contributed by atoms with E-state index < -0.39 is 16.0 Å². The third kappa shape index (κ3) is 7.75. The lowest BCUT2D eigenvalue weighted by Crippen LogP contribution is -2.28. The van der Waals surface area contributed by atoms with Crippen LogP contribution in [0.25, 0.3) is 0 Å². The SMILES string of the molecule is C=CCCCS(=O)(=O)NCCC(=O)O. The highest BCUT2D eigenvalue weighted by Crippen LogP contribution is 1.94. The number of hydrogen-bond acceptors (Lipinski definition) is 3. The van der Waals surface area contributed by atoms with E-state index in [9.17, 15) is 13.2 Å². The number of unbranched alkanes of at least 4 members (excludes halogenated alkanes) is 1. The monoisotopic (exact) mass is 221 g/mol. The number of allylic oxidation sites excluding steroid dienone is 1. The van der Waals surface area contributed by atoms with Gasteiger partial charge in [0, 0.05) is 6.54 Å². The molecule has 0 bridgehead atoms. The maximum Gasteiger partial charge on any atom is 0.304 e. The molecule has 0 heterocycles. The van der Waals surface area contributed by atoms with Crippen molar-refractivity contribution >= 4 is 16.0 Å². The van der Waals surface area contributed by atoms with Crippen molar-refractivity contribution in [2.75, 3.05) is 12.3 Å². The summed E-state index contributed by atoms with van der Waals surface area (Å²) in [6.07, 6.45) is 2.60. The molecule has 82 valence electrons. The lowest BCUT2D eigenvalue weighted by molar-refractivity contribution is -0.136. The van der Waals surface area contributed by atoms with Gasteiger partial charge in [-0.25, -0.2) is 13.1 Å². The summed E-state index contributed by atoms with van der Waals surface area (Å²) in [5.41, 5.74) is 0. The quantitative estimate of drug-likeness (QED) is 0.457. The van der Waals surface area contributed by atoms with Crippen LogP contribution in [0.15, 0.2) is 12.7 Å². The van der Waals surface area contributed by atoms with Crippen molar-refractivity contribution in [2.45, 2.75) is 19.3 Å². The number of carbonyl (C=O) groups is 1. The molecule has 0 radical (unpaired) electrons. The Morgan fingerprint density at radius 3 is 2.64 bits per heavy atom. The minimum atomic E-state index is -3.31. The Morgan fingerprint density at radius 2 is 2.14 bits per heavy atom. The van der Waals surface area contributed by atoms with Gasteiger partial charge in [-0.2, -0.15) is 0 Å². The lowest BCUT2D eigenvalue weighted by atomic mass is 10.3. The second kappa shape index (κ2) is 6.56. The highest BCUT2D eigenvalue weighted by molar-refractivity contribution is 7.89. The molecule has 0 aromatic heterocycles. The van der Waals surface area contributed by atoms with Crippen LogP contribution in [-0.2, 0) is 14.8 Å². The predicted octanol–water partition coefficient (Wildman–Crippen LogP) is 0.347. The number of carboxylic acid groups (broad SMARTS) is 1. The van der Waals surface area contributed by atoms with E-state index in [1.165, 1.54) is 0 Å². The smallest absolute Gasteiger partial charge is 0.304 e. The molecule has 0 spiro atoms. The molecule has 0 saturated heterocycles. The van der Waals surface area contributed by atoms with Crippen LogP contribution in [0.5, 0.6) is 0 Å². The van der Waals surface area contributed by atoms with Gasteiger partial charge in [0.15, 0.2) is 0 Å². The molecule has 0 unspecified atom stereocenters. The van der Waals surface area contributed by atoms with Crippen LogP contribution in [0.2, 0.25) is 0 Å². The van der Waals surface area contributed by atoms with Gasteiger partial charge in [0.1, 0.15) is 0 Å². The third-order valence-corrected chi connectivity index (χ3v) is 2.95. The topological polar surface area (TPSA) is 83.5 Å². The molecular formula is C8H15NO4S. The van der Waals surface area contributed by atoms with Gasteiger partial charge in [0.05, 0.1) is 12.2 Å². The molecule has 0 aliphatic rings. The van der Waals surface area contributed by atoms with Gasteiger partial charge in [-0.05, 0) is 12.8 Å². The number of rotatable bonds is 8. The lowest BCUT2D eigenvalue weighted by Gasteiger charge is -2.03. The zero-order valence-electron chi connectivity index (χ0n) is 7.90. The molecule has 0 aliphatic carbocycles. The third-order valence-electron chi connectivity index (χ3n) is 1.48. The first-order chi connectivity index (χ1) is 6.48. The van der Waals surface area contributed by atoms with Gasteiger partial charge in [0.25, 0.3) is 0 Å². The first kappa shape index (κ1) is 13.1. The van der Waals surface area contributed by atoms with E-state index >= 15 is 0 Å². The zero-order valence-corrected chi connectivity index (χ0v) is 8.72. The number of carboxylic acids is 1. The van der Waals surface area contributed by atoms with Crippen molar-refractivity contribution in [1.29, 1.82) is 0 Å². The molecule has 0 aliphatic heterocycles. The second-order valence-corrected chi connectivity index (χ2v) is 4.71. The van der Waals surface area contributed by atoms with E-state index in [0.717, 1.165) is 0 Å². The summed E-state index contributed by atoms with van der Waals surface area (Å²) in [7, 11) is -3.31. The van der Waals surface area contributed by atoms with Gasteiger partial charge >= 0.3 is 5.97 Å². The van der Waals surface area contributed by atoms with Crippen molar-refractivity contribution in [3.05, 3.63) is 12.7 Å². The molecule has 0 aromatic rings. The number of hydrogen-bond donors (Lipinski definition) is 2. The van der Waals surface area contributed by atoms with Crippen molar-refractivity contribution in [3.8, 4) is 0 Å². The van der Waals surface area contributed by atoms with Gasteiger partial charge in [-0.1, -0.05) is 6.08 Å². The summed E-state index contributed by atoms with van der Waals surface area (Å²) in [6.45, 7) is 3.42. The zero-order chi connectivity index (χ0) is 11.0. The fraction of sp³-hybridized carbons (Fsp3) is 0.625. The van der Waals surface area contributed by atoms with Crippen LogP contribution in [0.4, 0.5) is 0 Å². The van der Waals surface area contributed by atoms with Gasteiger partial charge < -0.3 is 5.11 Å². The fourth-order valence-corrected chi connectivity index (χ4v) is 1.91. The standard InChI is InChI=1S/C8H15NO4S/c1-2-3-4-7-14(12,13)9-6-5-8(10)11/h2,9H,1,3-7H2,(H,10,11). The van der Waals surface area contributed by atoms with Gasteiger partial charge in [-0.15, -0.1) is 6.58 Å². The Balaban J connectivity index is 3.72. The van der Waals surface area contributed by atoms with Crippen LogP contribution in [0.1, 0.15) is 19.3 Å². The average molecular weight is 221 g/mol. The van der Waals surface area contributed by atoms with E-state index in [1.54, 1.807) is 6.08 Å². The Morgan fingerprint density at radius 1 is 1.50 bits per heavy atom. The van der Waals surface area contributed by atoms with Gasteiger partial charge in [0.2, 0.25) is 10.0 Å². The van der Waals surface area contributed by atoms with E-state index in [-0.39, 0.29) is 18.7 Å². The molecular weight excluding hydrogens is 206 g/mol. The molecule has 6 heteroatoms. The van der Waals surface area contributed by atoms with Gasteiger partial charge in [-0.3, -0.25) is 4.79 Å². The maximum absolute atomic E-state index is 11.1. The molecule has 0 amide bonds. The molecule has 14 heavy (non-hydrogen) atoms. The molecule has 2 N–H and O–H groups in total. The molecule has 5 nitrogen and oxygen atoms in total. The van der Waals surface area contributed by atoms with Crippen molar-refractivity contribution < 1.29 is 18.3 Å². The maximum atomic E-state index is 11.1. The minimum Gasteiger partial charge on any atom is -0.481 e. The first-order valence-electron chi connectivity index (χ1n) is 4.28. The molecule has 0 saturated carbocycles. The van der Waals surface area contributed by atoms with Crippen molar-refractivity contribution in [2.24, 2.45) is 0 Å². The number of sulfonamides is 1. The van der Waals surface area contributed by atoms with Crippen LogP contribution >= 0.6 is 0 Å². The Bertz CT molecular complexity index is 284. The molecule has 0 aromatic carbocycles. The van der Waals surface area contributed by atoms with Crippen LogP contribution in [-0.4, -0.2) is 31.8 Å². The van der Waals surface area contributed by atoms with Crippen LogP contribution in [0, 0.1) is 0 Å². The van der Waals surface area contributed by atoms with E-state index in [2.05, 4.69) is 11.3 Å². The summed E-state index contributed by atoms with van der Waals surface area (Å²) >= 11 is 0. The fourth-order valence-electron chi connectivity index (χ4n) is 0.803. The number of nitrogens with one attached hydrogen (secondary N) is 1. The van der Waals surface area contributed by atoms with Crippen molar-refractivity contribution in [3.63, 3.8) is 0 Å². The normalized spacial score (nSPS) is 11.1. The second-order valence-electron chi connectivity index (χ2n) is 2.79. The largest absolute Gasteiger partial charge is 0.481 e. The average Bonchev–Trinajstić information content (AvgIpc) is 2.03. The molecule has 0 rings (SSSR count). The summed E-state index contributed by atoms with van der Waals surface area (Å²) in [5, 5.41) is 8.28. The highest BCUT2D eigenvalue weighted by atomic mass is 32.2. The summed E-state index contributed by atoms with van der Waals surface area (Å²) in [6, 6.07) is 0. The predicted molar refractivity (Wildman–Crippen MR) is 53.5 cm³/mol. The summed E-state index contributed by atoms with van der Waals surface area (Å²) in [5.74, 6) is -1.00. The van der Waals surface area contributed by atoms with E-state index in [0.29, 0.717) is 12.8 Å². The van der Waals surface area contributed by atoms with Crippen LogP contribution < -0.4 is 4.72 Å². The van der Waals surface area contributed by atoms with Crippen LogP contribution in [0.3, 0.4) is 0 Å². The minimum absolute atomic E-state index is 0.0125. The highest BCUT2D eigenvalue weighted by Gasteiger charge is 2.09. The summed E-state index contributed by atoms with van der Waals surface area (Å²) < 4.78 is 24.5. The Labute approximate surface area is 83.9 Å². The Hall–Kier alpha value is -0.880. The Kier molecular flexibility index (Phi) is 6.14. The van der Waals surface area contributed by atoms with E-state index in [4.69, 9.17) is 5.11 Å². The van der Waals surface area contributed by atoms with E-state index in [1.807, 2.05) is 0 Å². The number of aliphatic carboxylic acids is 1. The summed E-state index contributed by atoms with van der Waals surface area (Å²) in [4.78, 5) is 10.1. The van der Waals surface area contributed by atoms with Crippen molar-refractivity contribution in [1.82, 2.24) is 4.72 Å². The molecule has 0 fully saturated rings. The molecule has 0 atom stereocenters. The first-order valence-corrected chi connectivity index (χ1v) is 5.93.